The van der Waals surface area contributed by atoms with Gasteiger partial charge in [-0.25, -0.2) is 13.2 Å². The fourth-order valence-corrected chi connectivity index (χ4v) is 2.48. The lowest BCUT2D eigenvalue weighted by molar-refractivity contribution is 0.291. The van der Waals surface area contributed by atoms with Gasteiger partial charge < -0.3 is 9.47 Å². The maximum atomic E-state index is 14.2. The van der Waals surface area contributed by atoms with Gasteiger partial charge in [-0.3, -0.25) is 0 Å². The van der Waals surface area contributed by atoms with Crippen molar-refractivity contribution in [3.05, 3.63) is 83.7 Å². The highest BCUT2D eigenvalue weighted by atomic mass is 19.1. The third-order valence-electron chi connectivity index (χ3n) is 3.85. The monoisotopic (exact) mass is 358 g/mol. The van der Waals surface area contributed by atoms with Crippen molar-refractivity contribution in [2.75, 3.05) is 6.61 Å². The topological polar surface area (TPSA) is 18.5 Å². The lowest BCUT2D eigenvalue weighted by atomic mass is 10.1. The fourth-order valence-electron chi connectivity index (χ4n) is 2.48. The summed E-state index contributed by atoms with van der Waals surface area (Å²) < 4.78 is 52.3. The second kappa shape index (κ2) is 7.95. The van der Waals surface area contributed by atoms with E-state index in [1.165, 1.54) is 12.1 Å². The van der Waals surface area contributed by atoms with Gasteiger partial charge in [0.15, 0.2) is 0 Å². The molecule has 3 aromatic rings. The SMILES string of the molecule is CC=CCOc1cc(F)c(COc2ccc3cc(F)ccc3c2)c(F)c1. The first-order valence-electron chi connectivity index (χ1n) is 8.11. The average molecular weight is 358 g/mol. The average Bonchev–Trinajstić information content (AvgIpc) is 2.61. The Kier molecular flexibility index (Phi) is 5.46. The highest BCUT2D eigenvalue weighted by Gasteiger charge is 2.13. The second-order valence-electron chi connectivity index (χ2n) is 5.69. The Morgan fingerprint density at radius 3 is 2.23 bits per heavy atom. The number of rotatable bonds is 6. The molecule has 0 atom stereocenters. The van der Waals surface area contributed by atoms with E-state index in [0.717, 1.165) is 22.9 Å². The summed E-state index contributed by atoms with van der Waals surface area (Å²) in [7, 11) is 0. The first-order chi connectivity index (χ1) is 12.6. The van der Waals surface area contributed by atoms with Crippen LogP contribution in [0, 0.1) is 17.5 Å². The second-order valence-corrected chi connectivity index (χ2v) is 5.69. The van der Waals surface area contributed by atoms with E-state index in [1.807, 2.05) is 6.92 Å². The number of hydrogen-bond acceptors (Lipinski definition) is 2. The van der Waals surface area contributed by atoms with E-state index in [-0.39, 0.29) is 30.3 Å². The molecule has 3 rings (SSSR count). The van der Waals surface area contributed by atoms with Crippen LogP contribution in [0.1, 0.15) is 12.5 Å². The van der Waals surface area contributed by atoms with Crippen LogP contribution in [-0.4, -0.2) is 6.61 Å². The largest absolute Gasteiger partial charge is 0.489 e. The maximum Gasteiger partial charge on any atom is 0.136 e. The Morgan fingerprint density at radius 2 is 1.50 bits per heavy atom. The molecule has 0 N–H and O–H groups in total. The molecule has 5 heteroatoms. The molecule has 0 saturated heterocycles. The van der Waals surface area contributed by atoms with Gasteiger partial charge in [-0.1, -0.05) is 24.3 Å². The van der Waals surface area contributed by atoms with E-state index < -0.39 is 11.6 Å². The molecule has 0 saturated carbocycles. The quantitative estimate of drug-likeness (QED) is 0.519. The van der Waals surface area contributed by atoms with E-state index in [4.69, 9.17) is 9.47 Å². The van der Waals surface area contributed by atoms with Crippen molar-refractivity contribution in [3.8, 4) is 11.5 Å². The van der Waals surface area contributed by atoms with E-state index in [2.05, 4.69) is 0 Å². The molecule has 0 amide bonds. The standard InChI is InChI=1S/C21H17F3O2/c1-2-3-8-25-18-11-20(23)19(21(24)12-18)13-26-17-7-5-14-9-16(22)6-4-15(14)10-17/h2-7,9-12H,8,13H2,1H3. The molecule has 0 aliphatic rings. The summed E-state index contributed by atoms with van der Waals surface area (Å²) in [6.07, 6.45) is 3.52. The molecule has 0 aliphatic heterocycles. The van der Waals surface area contributed by atoms with E-state index in [9.17, 15) is 13.2 Å². The summed E-state index contributed by atoms with van der Waals surface area (Å²) in [5.41, 5.74) is -0.178. The van der Waals surface area contributed by atoms with Crippen molar-refractivity contribution >= 4 is 10.8 Å². The Hall–Kier alpha value is -2.95. The van der Waals surface area contributed by atoms with Gasteiger partial charge in [0.1, 0.15) is 42.2 Å². The number of ether oxygens (including phenoxy) is 2. The highest BCUT2D eigenvalue weighted by molar-refractivity contribution is 5.83. The molecule has 0 aromatic heterocycles. The zero-order chi connectivity index (χ0) is 18.5. The van der Waals surface area contributed by atoms with Crippen LogP contribution in [0.25, 0.3) is 10.8 Å². The maximum absolute atomic E-state index is 14.2. The molecule has 0 spiro atoms. The molecule has 0 radical (unpaired) electrons. The normalized spacial score (nSPS) is 11.2. The van der Waals surface area contributed by atoms with Gasteiger partial charge in [0, 0.05) is 12.1 Å². The minimum atomic E-state index is -0.733. The van der Waals surface area contributed by atoms with Crippen LogP contribution in [-0.2, 0) is 6.61 Å². The summed E-state index contributed by atoms with van der Waals surface area (Å²) in [5.74, 6) is -1.23. The Labute approximate surface area is 149 Å². The lowest BCUT2D eigenvalue weighted by Crippen LogP contribution is -2.04. The summed E-state index contributed by atoms with van der Waals surface area (Å²) in [6, 6.07) is 11.7. The van der Waals surface area contributed by atoms with Gasteiger partial charge in [-0.05, 0) is 42.0 Å². The minimum Gasteiger partial charge on any atom is -0.489 e. The van der Waals surface area contributed by atoms with Crippen LogP contribution in [0.2, 0.25) is 0 Å². The smallest absolute Gasteiger partial charge is 0.136 e. The van der Waals surface area contributed by atoms with E-state index >= 15 is 0 Å². The molecule has 0 fully saturated rings. The zero-order valence-corrected chi connectivity index (χ0v) is 14.1. The van der Waals surface area contributed by atoms with E-state index in [1.54, 1.807) is 36.4 Å². The summed E-state index contributed by atoms with van der Waals surface area (Å²) in [5, 5.41) is 1.50. The van der Waals surface area contributed by atoms with Gasteiger partial charge in [-0.15, -0.1) is 0 Å². The van der Waals surface area contributed by atoms with Crippen LogP contribution in [0.4, 0.5) is 13.2 Å². The van der Waals surface area contributed by atoms with Gasteiger partial charge in [0.25, 0.3) is 0 Å². The Balaban J connectivity index is 1.73. The van der Waals surface area contributed by atoms with E-state index in [0.29, 0.717) is 5.75 Å². The Bertz CT molecular complexity index is 928. The molecule has 0 unspecified atom stereocenters. The number of halogens is 3. The molecule has 0 bridgehead atoms. The van der Waals surface area contributed by atoms with Gasteiger partial charge >= 0.3 is 0 Å². The molecular formula is C21H17F3O2. The van der Waals surface area contributed by atoms with Gasteiger partial charge in [0.05, 0.1) is 5.56 Å². The molecule has 26 heavy (non-hydrogen) atoms. The van der Waals surface area contributed by atoms with Crippen LogP contribution >= 0.6 is 0 Å². The summed E-state index contributed by atoms with van der Waals surface area (Å²) in [6.45, 7) is 1.80. The lowest BCUT2D eigenvalue weighted by Gasteiger charge is -2.11. The first-order valence-corrected chi connectivity index (χ1v) is 8.11. The molecule has 0 aliphatic carbocycles. The fraction of sp³-hybridized carbons (Fsp3) is 0.143. The predicted octanol–water partition coefficient (Wildman–Crippen LogP) is 5.79. The molecule has 134 valence electrons. The third-order valence-corrected chi connectivity index (χ3v) is 3.85. The van der Waals surface area contributed by atoms with Gasteiger partial charge in [0.2, 0.25) is 0 Å². The zero-order valence-electron chi connectivity index (χ0n) is 14.1. The highest BCUT2D eigenvalue weighted by Crippen LogP contribution is 2.25. The van der Waals surface area contributed by atoms with Crippen molar-refractivity contribution in [2.45, 2.75) is 13.5 Å². The summed E-state index contributed by atoms with van der Waals surface area (Å²) >= 11 is 0. The molecule has 0 heterocycles. The van der Waals surface area contributed by atoms with Crippen molar-refractivity contribution in [2.24, 2.45) is 0 Å². The van der Waals surface area contributed by atoms with Crippen LogP contribution in [0.5, 0.6) is 11.5 Å². The number of allylic oxidation sites excluding steroid dienone is 1. The van der Waals surface area contributed by atoms with Crippen molar-refractivity contribution in [1.82, 2.24) is 0 Å². The van der Waals surface area contributed by atoms with Crippen LogP contribution in [0.15, 0.2) is 60.7 Å². The molecule has 3 aromatic carbocycles. The minimum absolute atomic E-state index is 0.120. The third kappa shape index (κ3) is 4.17. The van der Waals surface area contributed by atoms with Gasteiger partial charge in [-0.2, -0.15) is 0 Å². The van der Waals surface area contributed by atoms with Crippen molar-refractivity contribution < 1.29 is 22.6 Å². The van der Waals surface area contributed by atoms with Crippen LogP contribution in [0.3, 0.4) is 0 Å². The number of fused-ring (bicyclic) bond motifs is 1. The van der Waals surface area contributed by atoms with Crippen LogP contribution < -0.4 is 9.47 Å². The first kappa shape index (κ1) is 17.9. The van der Waals surface area contributed by atoms with Crippen molar-refractivity contribution in [3.63, 3.8) is 0 Å². The number of benzene rings is 3. The molecular weight excluding hydrogens is 341 g/mol. The number of hydrogen-bond donors (Lipinski definition) is 0. The van der Waals surface area contributed by atoms with Crippen molar-refractivity contribution in [1.29, 1.82) is 0 Å². The summed E-state index contributed by atoms with van der Waals surface area (Å²) in [4.78, 5) is 0. The Morgan fingerprint density at radius 1 is 0.808 bits per heavy atom. The molecule has 2 nitrogen and oxygen atoms in total. The predicted molar refractivity (Wildman–Crippen MR) is 94.9 cm³/mol.